The Bertz CT molecular complexity index is 319. The molecule has 0 fully saturated rings. The molecule has 0 aromatic rings. The summed E-state index contributed by atoms with van der Waals surface area (Å²) in [5.74, 6) is -1.02. The highest BCUT2D eigenvalue weighted by atomic mass is 16.3. The minimum Gasteiger partial charge on any atom is -0.390 e. The van der Waals surface area contributed by atoms with Crippen LogP contribution in [0.2, 0.25) is 0 Å². The largest absolute Gasteiger partial charge is 0.390 e. The molecule has 18 heavy (non-hydrogen) atoms. The quantitative estimate of drug-likeness (QED) is 0.466. The first-order valence-corrected chi connectivity index (χ1v) is 5.74. The van der Waals surface area contributed by atoms with E-state index in [1.54, 1.807) is 6.92 Å². The van der Waals surface area contributed by atoms with Crippen molar-refractivity contribution in [3.05, 3.63) is 0 Å². The van der Waals surface area contributed by atoms with Crippen molar-refractivity contribution in [2.45, 2.75) is 45.4 Å². The van der Waals surface area contributed by atoms with Gasteiger partial charge in [0, 0.05) is 14.0 Å². The van der Waals surface area contributed by atoms with E-state index in [1.807, 2.05) is 0 Å². The first kappa shape index (κ1) is 16.4. The van der Waals surface area contributed by atoms with Crippen LogP contribution in [0.15, 0.2) is 0 Å². The molecule has 1 unspecified atom stereocenters. The molecular formula is C11H21N3O4. The summed E-state index contributed by atoms with van der Waals surface area (Å²) < 4.78 is 0. The summed E-state index contributed by atoms with van der Waals surface area (Å²) in [7, 11) is 1.47. The summed E-state index contributed by atoms with van der Waals surface area (Å²) in [5, 5.41) is 17.0. The Kier molecular flexibility index (Phi) is 6.96. The number of amides is 3. The van der Waals surface area contributed by atoms with Crippen LogP contribution in [-0.2, 0) is 14.4 Å². The number of carbonyl (C=O) groups is 3. The van der Waals surface area contributed by atoms with Gasteiger partial charge in [0.2, 0.25) is 17.7 Å². The van der Waals surface area contributed by atoms with Crippen molar-refractivity contribution in [1.82, 2.24) is 16.0 Å². The summed E-state index contributed by atoms with van der Waals surface area (Å²) in [6.45, 7) is 4.44. The number of aliphatic hydroxyl groups is 1. The lowest BCUT2D eigenvalue weighted by atomic mass is 10.1. The summed E-state index contributed by atoms with van der Waals surface area (Å²) in [5.41, 5.74) is 0. The fraction of sp³-hybridized carbons (Fsp3) is 0.727. The van der Waals surface area contributed by atoms with Crippen LogP contribution in [0, 0.1) is 0 Å². The molecule has 7 nitrogen and oxygen atoms in total. The fourth-order valence-corrected chi connectivity index (χ4v) is 1.28. The van der Waals surface area contributed by atoms with E-state index in [2.05, 4.69) is 16.0 Å². The number of aliphatic hydroxyl groups excluding tert-OH is 1. The molecule has 0 aromatic heterocycles. The second-order valence-corrected chi connectivity index (χ2v) is 4.16. The Labute approximate surface area is 106 Å². The van der Waals surface area contributed by atoms with Crippen LogP contribution in [-0.4, -0.2) is 48.1 Å². The van der Waals surface area contributed by atoms with Gasteiger partial charge in [-0.15, -0.1) is 0 Å². The van der Waals surface area contributed by atoms with Crippen LogP contribution < -0.4 is 16.0 Å². The summed E-state index contributed by atoms with van der Waals surface area (Å²) in [6, 6.07) is -1.26. The molecule has 0 spiro atoms. The molecule has 0 bridgehead atoms. The molecule has 0 radical (unpaired) electrons. The molecule has 0 aromatic carbocycles. The molecule has 0 heterocycles. The fourth-order valence-electron chi connectivity index (χ4n) is 1.28. The highest BCUT2D eigenvalue weighted by Gasteiger charge is 2.22. The second-order valence-electron chi connectivity index (χ2n) is 4.16. The molecule has 0 rings (SSSR count). The predicted molar refractivity (Wildman–Crippen MR) is 65.6 cm³/mol. The zero-order chi connectivity index (χ0) is 14.3. The van der Waals surface area contributed by atoms with Crippen molar-refractivity contribution in [2.24, 2.45) is 0 Å². The van der Waals surface area contributed by atoms with E-state index in [-0.39, 0.29) is 18.2 Å². The lowest BCUT2D eigenvalue weighted by Gasteiger charge is -2.22. The average Bonchev–Trinajstić information content (AvgIpc) is 2.27. The van der Waals surface area contributed by atoms with E-state index < -0.39 is 24.1 Å². The lowest BCUT2D eigenvalue weighted by Crippen LogP contribution is -2.50. The molecule has 3 amide bonds. The standard InChI is InChI=1S/C11H21N3O4/c1-6(9(16)5-10(17)12-4)14-11(18)7(2)13-8(3)15/h6-7,9,16H,5H2,1-4H3,(H,12,17)(H,13,15)(H,14,18)/t6-,7?,9+/m0/s1. The summed E-state index contributed by atoms with van der Waals surface area (Å²) in [6.07, 6.45) is -1.06. The van der Waals surface area contributed by atoms with E-state index in [0.717, 1.165) is 0 Å². The highest BCUT2D eigenvalue weighted by Crippen LogP contribution is 1.99. The van der Waals surface area contributed by atoms with Crippen molar-refractivity contribution in [3.63, 3.8) is 0 Å². The number of nitrogens with one attached hydrogen (secondary N) is 3. The minimum atomic E-state index is -0.974. The Morgan fingerprint density at radius 3 is 2.17 bits per heavy atom. The third-order valence-corrected chi connectivity index (χ3v) is 2.43. The van der Waals surface area contributed by atoms with Gasteiger partial charge in [-0.3, -0.25) is 14.4 Å². The van der Waals surface area contributed by atoms with Gasteiger partial charge in [0.1, 0.15) is 6.04 Å². The average molecular weight is 259 g/mol. The summed E-state index contributed by atoms with van der Waals surface area (Å²) >= 11 is 0. The van der Waals surface area contributed by atoms with Crippen molar-refractivity contribution in [1.29, 1.82) is 0 Å². The van der Waals surface area contributed by atoms with Crippen LogP contribution in [0.25, 0.3) is 0 Å². The molecule has 0 aliphatic carbocycles. The van der Waals surface area contributed by atoms with Gasteiger partial charge in [-0.25, -0.2) is 0 Å². The molecular weight excluding hydrogens is 238 g/mol. The summed E-state index contributed by atoms with van der Waals surface area (Å²) in [4.78, 5) is 33.4. The second kappa shape index (κ2) is 7.65. The maximum absolute atomic E-state index is 11.6. The molecule has 0 saturated carbocycles. The van der Waals surface area contributed by atoms with Crippen molar-refractivity contribution < 1.29 is 19.5 Å². The third kappa shape index (κ3) is 6.19. The predicted octanol–water partition coefficient (Wildman–Crippen LogP) is -1.49. The maximum Gasteiger partial charge on any atom is 0.242 e. The van der Waals surface area contributed by atoms with Crippen LogP contribution in [0.3, 0.4) is 0 Å². The normalized spacial score (nSPS) is 15.2. The van der Waals surface area contributed by atoms with Gasteiger partial charge in [-0.2, -0.15) is 0 Å². The molecule has 104 valence electrons. The molecule has 0 saturated heterocycles. The Hall–Kier alpha value is -1.63. The van der Waals surface area contributed by atoms with Crippen LogP contribution in [0.5, 0.6) is 0 Å². The Balaban J connectivity index is 4.21. The van der Waals surface area contributed by atoms with Crippen molar-refractivity contribution in [3.8, 4) is 0 Å². The molecule has 3 atom stereocenters. The van der Waals surface area contributed by atoms with Crippen molar-refractivity contribution >= 4 is 17.7 Å². The number of rotatable bonds is 6. The van der Waals surface area contributed by atoms with Gasteiger partial charge in [-0.05, 0) is 13.8 Å². The van der Waals surface area contributed by atoms with E-state index in [0.29, 0.717) is 0 Å². The topological polar surface area (TPSA) is 108 Å². The van der Waals surface area contributed by atoms with Crippen LogP contribution in [0.4, 0.5) is 0 Å². The smallest absolute Gasteiger partial charge is 0.242 e. The molecule has 0 aliphatic rings. The van der Waals surface area contributed by atoms with Crippen LogP contribution in [0.1, 0.15) is 27.2 Å². The Morgan fingerprint density at radius 2 is 1.72 bits per heavy atom. The van der Waals surface area contributed by atoms with E-state index in [9.17, 15) is 19.5 Å². The Morgan fingerprint density at radius 1 is 1.17 bits per heavy atom. The third-order valence-electron chi connectivity index (χ3n) is 2.43. The van der Waals surface area contributed by atoms with Gasteiger partial charge < -0.3 is 21.1 Å². The van der Waals surface area contributed by atoms with Gasteiger partial charge in [-0.1, -0.05) is 0 Å². The first-order valence-electron chi connectivity index (χ1n) is 5.74. The molecule has 4 N–H and O–H groups in total. The maximum atomic E-state index is 11.6. The molecule has 7 heteroatoms. The zero-order valence-corrected chi connectivity index (χ0v) is 11.1. The number of hydrogen-bond donors (Lipinski definition) is 4. The first-order chi connectivity index (χ1) is 8.27. The van der Waals surface area contributed by atoms with Gasteiger partial charge >= 0.3 is 0 Å². The van der Waals surface area contributed by atoms with E-state index in [4.69, 9.17) is 0 Å². The molecule has 0 aliphatic heterocycles. The zero-order valence-electron chi connectivity index (χ0n) is 11.1. The highest BCUT2D eigenvalue weighted by molar-refractivity contribution is 5.86. The van der Waals surface area contributed by atoms with Gasteiger partial charge in [0.25, 0.3) is 0 Å². The van der Waals surface area contributed by atoms with E-state index >= 15 is 0 Å². The van der Waals surface area contributed by atoms with Crippen molar-refractivity contribution in [2.75, 3.05) is 7.05 Å². The number of carbonyl (C=O) groups excluding carboxylic acids is 3. The van der Waals surface area contributed by atoms with Gasteiger partial charge in [0.15, 0.2) is 0 Å². The van der Waals surface area contributed by atoms with Gasteiger partial charge in [0.05, 0.1) is 18.6 Å². The van der Waals surface area contributed by atoms with Crippen LogP contribution >= 0.6 is 0 Å². The number of hydrogen-bond acceptors (Lipinski definition) is 4. The minimum absolute atomic E-state index is 0.0908. The lowest BCUT2D eigenvalue weighted by molar-refractivity contribution is -0.129. The van der Waals surface area contributed by atoms with E-state index in [1.165, 1.54) is 20.9 Å². The SMILES string of the molecule is CNC(=O)C[C@@H](O)[C@H](C)NC(=O)C(C)NC(C)=O. The monoisotopic (exact) mass is 259 g/mol.